The van der Waals surface area contributed by atoms with Crippen molar-refractivity contribution in [1.29, 1.82) is 0 Å². The van der Waals surface area contributed by atoms with Crippen LogP contribution in [0.2, 0.25) is 0 Å². The Kier molecular flexibility index (Phi) is 2.52. The molecule has 0 saturated heterocycles. The van der Waals surface area contributed by atoms with E-state index < -0.39 is 0 Å². The normalized spacial score (nSPS) is 11.1. The van der Waals surface area contributed by atoms with Crippen molar-refractivity contribution in [2.45, 2.75) is 20.8 Å². The number of aldehydes is 1. The molecule has 1 aromatic carbocycles. The molecule has 0 bridgehead atoms. The summed E-state index contributed by atoms with van der Waals surface area (Å²) in [4.78, 5) is 15.6. The Morgan fingerprint density at radius 2 is 1.89 bits per heavy atom. The molecule has 0 radical (unpaired) electrons. The van der Waals surface area contributed by atoms with Gasteiger partial charge in [-0.15, -0.1) is 0 Å². The molecule has 3 rings (SSSR count). The van der Waals surface area contributed by atoms with Crippen LogP contribution in [0.3, 0.4) is 0 Å². The van der Waals surface area contributed by atoms with Gasteiger partial charge in [0.05, 0.1) is 5.69 Å². The average Bonchev–Trinajstić information content (AvgIpc) is 2.89. The van der Waals surface area contributed by atoms with Gasteiger partial charge in [0.25, 0.3) is 0 Å². The second-order valence-corrected chi connectivity index (χ2v) is 4.69. The Hall–Kier alpha value is -2.36. The van der Waals surface area contributed by atoms with Crippen molar-refractivity contribution in [2.24, 2.45) is 0 Å². The fourth-order valence-electron chi connectivity index (χ4n) is 2.56. The fraction of sp³-hybridized carbons (Fsp3) is 0.200. The Morgan fingerprint density at radius 3 is 2.53 bits per heavy atom. The second kappa shape index (κ2) is 4.09. The van der Waals surface area contributed by atoms with E-state index in [1.807, 2.05) is 43.5 Å². The number of benzene rings is 1. The summed E-state index contributed by atoms with van der Waals surface area (Å²) in [5, 5.41) is 0. The van der Waals surface area contributed by atoms with Crippen LogP contribution in [0, 0.1) is 20.8 Å². The number of carbonyl (C=O) groups excluding carboxylic acids is 1. The van der Waals surface area contributed by atoms with E-state index >= 15 is 0 Å². The van der Waals surface area contributed by atoms with Crippen LogP contribution in [-0.4, -0.2) is 15.8 Å². The van der Waals surface area contributed by atoms with E-state index in [0.717, 1.165) is 34.4 Å². The first kappa shape index (κ1) is 11.7. The Labute approximate surface area is 110 Å². The van der Waals surface area contributed by atoms with Crippen LogP contribution in [0.5, 0.6) is 0 Å². The number of furan rings is 1. The molecule has 4 nitrogen and oxygen atoms in total. The van der Waals surface area contributed by atoms with Crippen molar-refractivity contribution in [3.05, 3.63) is 47.2 Å². The molecular weight excluding hydrogens is 240 g/mol. The molecule has 4 heteroatoms. The maximum absolute atomic E-state index is 11.1. The number of hydrogen-bond donors (Lipinski definition) is 0. The standard InChI is InChI=1S/C15H14N2O2/c1-9-5-4-6-10(2)14(9)17-11(3)16-12-8-19-13(7-18)15(12)17/h4-8H,1-3H3. The zero-order chi connectivity index (χ0) is 13.6. The third-order valence-electron chi connectivity index (χ3n) is 3.37. The van der Waals surface area contributed by atoms with Gasteiger partial charge in [-0.3, -0.25) is 9.36 Å². The minimum atomic E-state index is 0.318. The molecule has 2 heterocycles. The maximum atomic E-state index is 11.1. The van der Waals surface area contributed by atoms with Gasteiger partial charge < -0.3 is 4.42 Å². The van der Waals surface area contributed by atoms with Crippen LogP contribution < -0.4 is 0 Å². The number of aromatic nitrogens is 2. The molecule has 0 spiro atoms. The van der Waals surface area contributed by atoms with E-state index in [-0.39, 0.29) is 0 Å². The highest BCUT2D eigenvalue weighted by Gasteiger charge is 2.18. The van der Waals surface area contributed by atoms with Gasteiger partial charge in [-0.05, 0) is 31.9 Å². The molecule has 3 aromatic rings. The first-order valence-electron chi connectivity index (χ1n) is 6.11. The SMILES string of the molecule is Cc1cccc(C)c1-n1c(C)nc2coc(C=O)c21. The summed E-state index contributed by atoms with van der Waals surface area (Å²) in [5.74, 6) is 1.17. The number of nitrogens with zero attached hydrogens (tertiary/aromatic N) is 2. The summed E-state index contributed by atoms with van der Waals surface area (Å²) in [6.45, 7) is 6.03. The fourth-order valence-corrected chi connectivity index (χ4v) is 2.56. The average molecular weight is 254 g/mol. The molecule has 2 aromatic heterocycles. The van der Waals surface area contributed by atoms with Gasteiger partial charge in [0.1, 0.15) is 23.1 Å². The number of carbonyl (C=O) groups is 1. The minimum Gasteiger partial charge on any atom is -0.457 e. The lowest BCUT2D eigenvalue weighted by Gasteiger charge is -2.13. The third kappa shape index (κ3) is 1.60. The van der Waals surface area contributed by atoms with Crippen molar-refractivity contribution < 1.29 is 9.21 Å². The molecular formula is C15H14N2O2. The summed E-state index contributed by atoms with van der Waals surface area (Å²) in [7, 11) is 0. The van der Waals surface area contributed by atoms with Crippen molar-refractivity contribution in [3.63, 3.8) is 0 Å². The lowest BCUT2D eigenvalue weighted by Crippen LogP contribution is -2.03. The molecule has 0 N–H and O–H groups in total. The summed E-state index contributed by atoms with van der Waals surface area (Å²) in [6, 6.07) is 6.12. The number of para-hydroxylation sites is 1. The summed E-state index contributed by atoms with van der Waals surface area (Å²) < 4.78 is 7.24. The predicted molar refractivity (Wildman–Crippen MR) is 72.9 cm³/mol. The van der Waals surface area contributed by atoms with E-state index in [2.05, 4.69) is 4.98 Å². The zero-order valence-electron chi connectivity index (χ0n) is 11.1. The van der Waals surface area contributed by atoms with Gasteiger partial charge in [-0.25, -0.2) is 4.98 Å². The molecule has 0 amide bonds. The lowest BCUT2D eigenvalue weighted by atomic mass is 10.1. The van der Waals surface area contributed by atoms with Gasteiger partial charge in [-0.1, -0.05) is 18.2 Å². The Morgan fingerprint density at radius 1 is 1.21 bits per heavy atom. The highest BCUT2D eigenvalue weighted by atomic mass is 16.3. The van der Waals surface area contributed by atoms with Crippen LogP contribution >= 0.6 is 0 Å². The molecule has 96 valence electrons. The highest BCUT2D eigenvalue weighted by Crippen LogP contribution is 2.28. The van der Waals surface area contributed by atoms with Crippen LogP contribution in [0.25, 0.3) is 16.7 Å². The monoisotopic (exact) mass is 254 g/mol. The number of rotatable bonds is 2. The van der Waals surface area contributed by atoms with Crippen LogP contribution in [0.15, 0.2) is 28.9 Å². The number of imidazole rings is 1. The second-order valence-electron chi connectivity index (χ2n) is 4.69. The van der Waals surface area contributed by atoms with Crippen molar-refractivity contribution >= 4 is 17.3 Å². The first-order valence-corrected chi connectivity index (χ1v) is 6.11. The van der Waals surface area contributed by atoms with Crippen LogP contribution in [0.1, 0.15) is 27.5 Å². The smallest absolute Gasteiger partial charge is 0.192 e. The summed E-state index contributed by atoms with van der Waals surface area (Å²) in [6.07, 6.45) is 2.25. The number of aryl methyl sites for hydroxylation is 3. The molecule has 0 aliphatic rings. The van der Waals surface area contributed by atoms with Crippen molar-refractivity contribution in [1.82, 2.24) is 9.55 Å². The molecule has 0 saturated carbocycles. The molecule has 0 unspecified atom stereocenters. The zero-order valence-corrected chi connectivity index (χ0v) is 11.1. The van der Waals surface area contributed by atoms with E-state index in [0.29, 0.717) is 11.3 Å². The van der Waals surface area contributed by atoms with Gasteiger partial charge in [0, 0.05) is 0 Å². The van der Waals surface area contributed by atoms with E-state index in [1.54, 1.807) is 0 Å². The molecule has 0 aliphatic carbocycles. The van der Waals surface area contributed by atoms with Crippen LogP contribution in [-0.2, 0) is 0 Å². The van der Waals surface area contributed by atoms with E-state index in [9.17, 15) is 4.79 Å². The van der Waals surface area contributed by atoms with Crippen molar-refractivity contribution in [3.8, 4) is 5.69 Å². The molecule has 0 fully saturated rings. The number of hydrogen-bond acceptors (Lipinski definition) is 3. The quantitative estimate of drug-likeness (QED) is 0.659. The summed E-state index contributed by atoms with van der Waals surface area (Å²) in [5.41, 5.74) is 4.79. The minimum absolute atomic E-state index is 0.318. The predicted octanol–water partition coefficient (Wildman–Crippen LogP) is 3.36. The molecule has 0 aliphatic heterocycles. The van der Waals surface area contributed by atoms with Crippen molar-refractivity contribution in [2.75, 3.05) is 0 Å². The Balaban J connectivity index is 2.45. The number of fused-ring (bicyclic) bond motifs is 1. The Bertz CT molecular complexity index is 761. The third-order valence-corrected chi connectivity index (χ3v) is 3.37. The lowest BCUT2D eigenvalue weighted by molar-refractivity contribution is 0.110. The highest BCUT2D eigenvalue weighted by molar-refractivity contribution is 5.93. The maximum Gasteiger partial charge on any atom is 0.192 e. The van der Waals surface area contributed by atoms with Gasteiger partial charge in [0.15, 0.2) is 12.0 Å². The topological polar surface area (TPSA) is 48.0 Å². The molecule has 0 atom stereocenters. The van der Waals surface area contributed by atoms with Gasteiger partial charge in [0.2, 0.25) is 0 Å². The largest absolute Gasteiger partial charge is 0.457 e. The van der Waals surface area contributed by atoms with Gasteiger partial charge in [-0.2, -0.15) is 0 Å². The summed E-state index contributed by atoms with van der Waals surface area (Å²) >= 11 is 0. The van der Waals surface area contributed by atoms with Gasteiger partial charge >= 0.3 is 0 Å². The van der Waals surface area contributed by atoms with E-state index in [4.69, 9.17) is 4.42 Å². The molecule has 19 heavy (non-hydrogen) atoms. The van der Waals surface area contributed by atoms with E-state index in [1.165, 1.54) is 6.26 Å². The first-order chi connectivity index (χ1) is 9.13. The van der Waals surface area contributed by atoms with Crippen LogP contribution in [0.4, 0.5) is 0 Å².